The first-order chi connectivity index (χ1) is 15.0. The van der Waals surface area contributed by atoms with E-state index in [0.717, 1.165) is 21.4 Å². The van der Waals surface area contributed by atoms with Gasteiger partial charge in [0.2, 0.25) is 4.80 Å². The van der Waals surface area contributed by atoms with Crippen LogP contribution < -0.4 is 14.3 Å². The highest BCUT2D eigenvalue weighted by Gasteiger charge is 2.08. The van der Waals surface area contributed by atoms with Crippen LogP contribution >= 0.6 is 34.5 Å². The lowest BCUT2D eigenvalue weighted by Gasteiger charge is -2.12. The van der Waals surface area contributed by atoms with Gasteiger partial charge in [-0.05, 0) is 48.0 Å². The molecule has 0 aliphatic carbocycles. The molecule has 5 nitrogen and oxygen atoms in total. The molecule has 0 unspecified atom stereocenters. The number of benzene rings is 3. The fourth-order valence-corrected chi connectivity index (χ4v) is 4.44. The molecular formula is C23H19Cl2N3O2S. The van der Waals surface area contributed by atoms with Crippen molar-refractivity contribution in [2.24, 2.45) is 17.3 Å². The van der Waals surface area contributed by atoms with Crippen LogP contribution in [0.5, 0.6) is 11.5 Å². The number of hydrogen-bond donors (Lipinski definition) is 0. The molecule has 0 saturated heterocycles. The van der Waals surface area contributed by atoms with Crippen molar-refractivity contribution in [1.82, 2.24) is 4.57 Å². The maximum absolute atomic E-state index is 6.21. The van der Waals surface area contributed by atoms with E-state index in [-0.39, 0.29) is 0 Å². The molecule has 0 amide bonds. The van der Waals surface area contributed by atoms with Gasteiger partial charge < -0.3 is 14.0 Å². The minimum absolute atomic E-state index is 0.303. The van der Waals surface area contributed by atoms with Crippen LogP contribution in [-0.2, 0) is 13.7 Å². The lowest BCUT2D eigenvalue weighted by Crippen LogP contribution is -2.08. The van der Waals surface area contributed by atoms with E-state index in [0.29, 0.717) is 28.2 Å². The first-order valence-electron chi connectivity index (χ1n) is 9.41. The molecule has 4 aromatic rings. The van der Waals surface area contributed by atoms with Crippen LogP contribution in [0, 0.1) is 0 Å². The van der Waals surface area contributed by atoms with Gasteiger partial charge in [0.15, 0.2) is 11.5 Å². The number of rotatable bonds is 6. The van der Waals surface area contributed by atoms with Crippen LogP contribution in [0.15, 0.2) is 70.9 Å². The standard InChI is InChI=1S/C23H19Cl2N3O2S/c1-28-19-5-3-4-6-22(19)31-23(28)27-26-13-15-7-10-20(21(11-15)29-2)30-14-16-8-9-17(24)12-18(16)25/h3-13H,14H2,1-2H3/b26-13+,27-23-. The Balaban J connectivity index is 1.51. The summed E-state index contributed by atoms with van der Waals surface area (Å²) in [6.45, 7) is 0.303. The smallest absolute Gasteiger partial charge is 0.211 e. The molecule has 0 aliphatic rings. The molecule has 0 bridgehead atoms. The van der Waals surface area contributed by atoms with Crippen molar-refractivity contribution in [2.75, 3.05) is 7.11 Å². The number of hydrogen-bond acceptors (Lipinski definition) is 5. The van der Waals surface area contributed by atoms with E-state index in [2.05, 4.69) is 22.3 Å². The Labute approximate surface area is 193 Å². The quantitative estimate of drug-likeness (QED) is 0.253. The number of thiazole rings is 1. The lowest BCUT2D eigenvalue weighted by atomic mass is 10.2. The Bertz CT molecular complexity index is 1330. The van der Waals surface area contributed by atoms with E-state index in [1.807, 2.05) is 48.0 Å². The van der Waals surface area contributed by atoms with Gasteiger partial charge in [-0.3, -0.25) is 0 Å². The van der Waals surface area contributed by atoms with E-state index in [4.69, 9.17) is 32.7 Å². The topological polar surface area (TPSA) is 48.1 Å². The summed E-state index contributed by atoms with van der Waals surface area (Å²) in [4.78, 5) is 0.823. The van der Waals surface area contributed by atoms with Crippen molar-refractivity contribution in [2.45, 2.75) is 6.61 Å². The summed E-state index contributed by atoms with van der Waals surface area (Å²) in [6.07, 6.45) is 1.69. The van der Waals surface area contributed by atoms with Crippen molar-refractivity contribution in [3.8, 4) is 11.5 Å². The van der Waals surface area contributed by atoms with Gasteiger partial charge in [0.1, 0.15) is 6.61 Å². The van der Waals surface area contributed by atoms with E-state index < -0.39 is 0 Å². The van der Waals surface area contributed by atoms with Crippen LogP contribution in [0.4, 0.5) is 0 Å². The van der Waals surface area contributed by atoms with Crippen LogP contribution in [0.1, 0.15) is 11.1 Å². The van der Waals surface area contributed by atoms with Crippen molar-refractivity contribution in [1.29, 1.82) is 0 Å². The highest BCUT2D eigenvalue weighted by atomic mass is 35.5. The molecule has 0 fully saturated rings. The fourth-order valence-electron chi connectivity index (χ4n) is 3.00. The molecular weight excluding hydrogens is 453 g/mol. The van der Waals surface area contributed by atoms with Crippen molar-refractivity contribution in [3.63, 3.8) is 0 Å². The van der Waals surface area contributed by atoms with Gasteiger partial charge in [-0.15, -0.1) is 5.10 Å². The number of aromatic nitrogens is 1. The normalized spacial score (nSPS) is 12.1. The fraction of sp³-hybridized carbons (Fsp3) is 0.130. The van der Waals surface area contributed by atoms with Gasteiger partial charge in [0.25, 0.3) is 0 Å². The Morgan fingerprint density at radius 2 is 1.87 bits per heavy atom. The first kappa shape index (κ1) is 21.4. The van der Waals surface area contributed by atoms with E-state index >= 15 is 0 Å². The van der Waals surface area contributed by atoms with Crippen LogP contribution in [0.25, 0.3) is 10.2 Å². The average molecular weight is 472 g/mol. The molecule has 4 rings (SSSR count). The molecule has 1 heterocycles. The zero-order valence-corrected chi connectivity index (χ0v) is 19.2. The SMILES string of the molecule is COc1cc(/C=N/N=c2\sc3ccccc3n2C)ccc1OCc1ccc(Cl)cc1Cl. The van der Waals surface area contributed by atoms with Gasteiger partial charge in [-0.2, -0.15) is 5.10 Å². The third kappa shape index (κ3) is 4.93. The van der Waals surface area contributed by atoms with E-state index in [1.165, 1.54) is 4.70 Å². The first-order valence-corrected chi connectivity index (χ1v) is 11.0. The zero-order valence-electron chi connectivity index (χ0n) is 16.9. The summed E-state index contributed by atoms with van der Waals surface area (Å²) in [5, 5.41) is 9.76. The molecule has 0 atom stereocenters. The lowest BCUT2D eigenvalue weighted by molar-refractivity contribution is 0.284. The maximum atomic E-state index is 6.21. The van der Waals surface area contributed by atoms with Crippen molar-refractivity contribution >= 4 is 51.0 Å². The molecule has 1 aromatic heterocycles. The number of ether oxygens (including phenoxy) is 2. The van der Waals surface area contributed by atoms with Crippen molar-refractivity contribution in [3.05, 3.63) is 86.6 Å². The van der Waals surface area contributed by atoms with Crippen molar-refractivity contribution < 1.29 is 9.47 Å². The number of fused-ring (bicyclic) bond motifs is 1. The molecule has 0 aliphatic heterocycles. The summed E-state index contributed by atoms with van der Waals surface area (Å²) in [6, 6.07) is 19.1. The predicted molar refractivity (Wildman–Crippen MR) is 128 cm³/mol. The van der Waals surface area contributed by atoms with Gasteiger partial charge in [0.05, 0.1) is 23.5 Å². The third-order valence-corrected chi connectivity index (χ3v) is 6.34. The highest BCUT2D eigenvalue weighted by Crippen LogP contribution is 2.30. The summed E-state index contributed by atoms with van der Waals surface area (Å²) in [5.41, 5.74) is 2.82. The Morgan fingerprint density at radius 1 is 1.03 bits per heavy atom. The Kier molecular flexibility index (Phi) is 6.61. The van der Waals surface area contributed by atoms with E-state index in [9.17, 15) is 0 Å². The number of para-hydroxylation sites is 1. The van der Waals surface area contributed by atoms with Crippen LogP contribution in [-0.4, -0.2) is 17.9 Å². The monoisotopic (exact) mass is 471 g/mol. The van der Waals surface area contributed by atoms with Gasteiger partial charge >= 0.3 is 0 Å². The molecule has 0 N–H and O–H groups in total. The molecule has 8 heteroatoms. The largest absolute Gasteiger partial charge is 0.493 e. The second-order valence-electron chi connectivity index (χ2n) is 6.69. The maximum Gasteiger partial charge on any atom is 0.211 e. The summed E-state index contributed by atoms with van der Waals surface area (Å²) in [7, 11) is 3.58. The summed E-state index contributed by atoms with van der Waals surface area (Å²) in [5.74, 6) is 1.21. The minimum Gasteiger partial charge on any atom is -0.493 e. The Hall–Kier alpha value is -2.80. The Morgan fingerprint density at radius 3 is 2.65 bits per heavy atom. The van der Waals surface area contributed by atoms with Gasteiger partial charge in [0, 0.05) is 22.7 Å². The second kappa shape index (κ2) is 9.56. The predicted octanol–water partition coefficient (Wildman–Crippen LogP) is 6.07. The number of nitrogens with zero attached hydrogens (tertiary/aromatic N) is 3. The molecule has 158 valence electrons. The molecule has 0 saturated carbocycles. The number of halogens is 2. The molecule has 3 aromatic carbocycles. The summed E-state index contributed by atoms with van der Waals surface area (Å²) < 4.78 is 14.6. The molecule has 0 spiro atoms. The summed E-state index contributed by atoms with van der Waals surface area (Å²) >= 11 is 13.8. The zero-order chi connectivity index (χ0) is 21.8. The van der Waals surface area contributed by atoms with Gasteiger partial charge in [-0.25, -0.2) is 0 Å². The van der Waals surface area contributed by atoms with Crippen LogP contribution in [0.2, 0.25) is 10.0 Å². The van der Waals surface area contributed by atoms with Crippen LogP contribution in [0.3, 0.4) is 0 Å². The average Bonchev–Trinajstić information content (AvgIpc) is 3.09. The minimum atomic E-state index is 0.303. The second-order valence-corrected chi connectivity index (χ2v) is 8.54. The number of aryl methyl sites for hydroxylation is 1. The van der Waals surface area contributed by atoms with E-state index in [1.54, 1.807) is 36.8 Å². The third-order valence-electron chi connectivity index (χ3n) is 4.65. The number of methoxy groups -OCH3 is 1. The molecule has 0 radical (unpaired) electrons. The molecule has 31 heavy (non-hydrogen) atoms. The van der Waals surface area contributed by atoms with Gasteiger partial charge in [-0.1, -0.05) is 52.7 Å². The highest BCUT2D eigenvalue weighted by molar-refractivity contribution is 7.16.